The predicted molar refractivity (Wildman–Crippen MR) is 252 cm³/mol. The molecule has 0 heterocycles. The minimum absolute atomic E-state index is 0.750. The molecule has 0 N–H and O–H groups in total. The molecule has 0 saturated carbocycles. The Hall–Kier alpha value is -6.17. The van der Waals surface area contributed by atoms with Crippen molar-refractivity contribution in [2.75, 3.05) is 21.3 Å². The number of hydrogen-bond acceptors (Lipinski definition) is 3. The maximum atomic E-state index is 8.25. The van der Waals surface area contributed by atoms with E-state index in [0.717, 1.165) is 21.3 Å². The van der Waals surface area contributed by atoms with Crippen LogP contribution in [0.3, 0.4) is 0 Å². The second-order valence-electron chi connectivity index (χ2n) is 11.9. The first-order valence-electron chi connectivity index (χ1n) is 19.4. The van der Waals surface area contributed by atoms with Crippen molar-refractivity contribution < 1.29 is 35.8 Å². The van der Waals surface area contributed by atoms with Crippen LogP contribution >= 0.6 is 0 Å². The van der Waals surface area contributed by atoms with Gasteiger partial charge in [0.1, 0.15) is 0 Å². The van der Waals surface area contributed by atoms with Gasteiger partial charge >= 0.3 is 49.0 Å². The van der Waals surface area contributed by atoms with Gasteiger partial charge in [-0.1, -0.05) is 255 Å². The molecule has 60 heavy (non-hydrogen) atoms. The molecule has 1 aliphatic carbocycles. The van der Waals surface area contributed by atoms with E-state index in [1.807, 2.05) is 109 Å². The van der Waals surface area contributed by atoms with E-state index in [1.165, 1.54) is 43.7 Å². The van der Waals surface area contributed by atoms with Gasteiger partial charge in [0, 0.05) is 0 Å². The molecule has 3 nitrogen and oxygen atoms in total. The summed E-state index contributed by atoms with van der Waals surface area (Å²) in [5, 5.41) is 24.8. The van der Waals surface area contributed by atoms with Gasteiger partial charge in [-0.3, -0.25) is 0 Å². The molecular formula is C56H56O3Ti. The second kappa shape index (κ2) is 38.4. The molecule has 0 amide bonds. The molecule has 4 heteroatoms. The third-order valence-corrected chi connectivity index (χ3v) is 8.21. The Morgan fingerprint density at radius 3 is 0.617 bits per heavy atom. The fraction of sp³-hybridized carbons (Fsp3) is 0.0714. The van der Waals surface area contributed by atoms with Crippen molar-refractivity contribution in [3.8, 4) is 0 Å². The predicted octanol–water partition coefficient (Wildman–Crippen LogP) is 11.5. The maximum absolute atomic E-state index is 8.25. The van der Waals surface area contributed by atoms with E-state index in [2.05, 4.69) is 184 Å². The average Bonchev–Trinajstić information content (AvgIpc) is 3.83. The first-order chi connectivity index (χ1) is 29.7. The number of rotatable bonds is 9. The second-order valence-corrected chi connectivity index (χ2v) is 12.9. The van der Waals surface area contributed by atoms with Gasteiger partial charge in [0.2, 0.25) is 0 Å². The summed E-state index contributed by atoms with van der Waals surface area (Å²) in [5.74, 6) is 0. The summed E-state index contributed by atoms with van der Waals surface area (Å²) >= 11 is 2.14. The monoisotopic (exact) mass is 824 g/mol. The zero-order valence-electron chi connectivity index (χ0n) is 34.9. The molecule has 0 aliphatic heterocycles. The van der Waals surface area contributed by atoms with Crippen LogP contribution in [0.5, 0.6) is 0 Å². The van der Waals surface area contributed by atoms with Gasteiger partial charge in [-0.2, -0.15) is 21.3 Å². The van der Waals surface area contributed by atoms with Crippen LogP contribution in [0.4, 0.5) is 0 Å². The Balaban J connectivity index is 0.000000397. The summed E-state index contributed by atoms with van der Waals surface area (Å²) in [6.45, 7) is 0. The van der Waals surface area contributed by atoms with Crippen LogP contribution in [0.25, 0.3) is 36.5 Å². The summed E-state index contributed by atoms with van der Waals surface area (Å²) in [6, 6.07) is 61.7. The third kappa shape index (κ3) is 27.5. The number of hydrogen-bond donors (Lipinski definition) is 0. The van der Waals surface area contributed by atoms with Gasteiger partial charge in [-0.15, -0.1) is 0 Å². The van der Waals surface area contributed by atoms with E-state index < -0.39 is 0 Å². The van der Waals surface area contributed by atoms with E-state index in [4.69, 9.17) is 15.3 Å². The quantitative estimate of drug-likeness (QED) is 0.108. The molecule has 6 aromatic carbocycles. The molecule has 0 radical (unpaired) electrons. The fourth-order valence-corrected chi connectivity index (χ4v) is 5.17. The minimum atomic E-state index is 0.750. The Labute approximate surface area is 371 Å². The van der Waals surface area contributed by atoms with Crippen LogP contribution in [0.2, 0.25) is 0 Å². The molecular weight excluding hydrogens is 768 g/mol. The van der Waals surface area contributed by atoms with Gasteiger partial charge in [-0.05, 0) is 33.4 Å². The third-order valence-electron chi connectivity index (χ3n) is 7.63. The first kappa shape index (κ1) is 51.9. The van der Waals surface area contributed by atoms with Crippen molar-refractivity contribution >= 4 is 36.5 Å². The van der Waals surface area contributed by atoms with Crippen LogP contribution in [0.1, 0.15) is 39.8 Å². The van der Waals surface area contributed by atoms with Crippen LogP contribution in [0.15, 0.2) is 241 Å². The van der Waals surface area contributed by atoms with Gasteiger partial charge in [0.15, 0.2) is 0 Å². The van der Waals surface area contributed by atoms with Crippen molar-refractivity contribution in [3.05, 3.63) is 274 Å². The molecule has 0 spiro atoms. The Bertz CT molecular complexity index is 1730. The van der Waals surface area contributed by atoms with Gasteiger partial charge in [-0.25, -0.2) is 0 Å². The Morgan fingerprint density at radius 1 is 0.317 bits per heavy atom. The fourth-order valence-electron chi connectivity index (χ4n) is 4.83. The van der Waals surface area contributed by atoms with Crippen molar-refractivity contribution in [2.24, 2.45) is 0 Å². The molecule has 302 valence electrons. The molecule has 0 atom stereocenters. The van der Waals surface area contributed by atoms with Gasteiger partial charge in [0.05, 0.1) is 0 Å². The summed E-state index contributed by atoms with van der Waals surface area (Å²) < 4.78 is 1.47. The normalized spacial score (nSPS) is 11.2. The van der Waals surface area contributed by atoms with Crippen LogP contribution in [-0.2, 0) is 20.4 Å². The van der Waals surface area contributed by atoms with Crippen molar-refractivity contribution in [1.82, 2.24) is 0 Å². The SMILES string of the molecule is C(C=Cc1ccccc1)=Cc1ccccc1.C(C=Cc1ccccc1)=Cc1ccccc1.C(C=Cc1ccccc1)=Cc1ccccc1.C[O-].C[O-].C[O-].[Ti+3][C]1=CC=CC1. The summed E-state index contributed by atoms with van der Waals surface area (Å²) in [4.78, 5) is 0. The number of benzene rings is 6. The Morgan fingerprint density at radius 2 is 0.500 bits per heavy atom. The standard InChI is InChI=1S/3C16H14.C5H5.3CH3O.Ti/c3*1-3-9-15(10-4-1)13-7-8-14-16-11-5-2-6-12-16;1-2-4-5-3-1;3*1-2;/h3*1-14H;1-3H,4H2;3*1H3;/q;;;;3*-1;+3. The molecule has 0 fully saturated rings. The zero-order valence-corrected chi connectivity index (χ0v) is 36.5. The summed E-state index contributed by atoms with van der Waals surface area (Å²) in [5.41, 5.74) is 7.33. The number of allylic oxidation sites excluding steroid dienone is 10. The van der Waals surface area contributed by atoms with E-state index in [1.54, 1.807) is 0 Å². The molecule has 1 aliphatic rings. The van der Waals surface area contributed by atoms with E-state index in [9.17, 15) is 0 Å². The molecule has 7 rings (SSSR count). The Kier molecular flexibility index (Phi) is 33.1. The summed E-state index contributed by atoms with van der Waals surface area (Å²) in [6.07, 6.45) is 32.5. The average molecular weight is 825 g/mol. The zero-order chi connectivity index (χ0) is 43.6. The topological polar surface area (TPSA) is 69.2 Å². The van der Waals surface area contributed by atoms with E-state index in [-0.39, 0.29) is 0 Å². The van der Waals surface area contributed by atoms with Gasteiger partial charge in [0.25, 0.3) is 0 Å². The van der Waals surface area contributed by atoms with Crippen molar-refractivity contribution in [2.45, 2.75) is 6.42 Å². The first-order valence-corrected chi connectivity index (χ1v) is 20.2. The van der Waals surface area contributed by atoms with Crippen LogP contribution in [0, 0.1) is 0 Å². The molecule has 6 aromatic rings. The van der Waals surface area contributed by atoms with Crippen LogP contribution < -0.4 is 15.3 Å². The summed E-state index contributed by atoms with van der Waals surface area (Å²) in [7, 11) is 2.25. The molecule has 0 bridgehead atoms. The molecule has 0 unspecified atom stereocenters. The van der Waals surface area contributed by atoms with E-state index >= 15 is 0 Å². The van der Waals surface area contributed by atoms with Crippen molar-refractivity contribution in [1.29, 1.82) is 0 Å². The van der Waals surface area contributed by atoms with Gasteiger partial charge < -0.3 is 15.3 Å². The molecule has 0 aromatic heterocycles. The van der Waals surface area contributed by atoms with E-state index in [0.29, 0.717) is 0 Å². The van der Waals surface area contributed by atoms with Crippen molar-refractivity contribution in [3.63, 3.8) is 0 Å². The molecule has 0 saturated heterocycles. The van der Waals surface area contributed by atoms with Crippen LogP contribution in [-0.4, -0.2) is 21.3 Å².